The molecule has 8 aliphatic rings. The van der Waals surface area contributed by atoms with Gasteiger partial charge < -0.3 is 110 Å². The van der Waals surface area contributed by atoms with Gasteiger partial charge in [-0.3, -0.25) is 9.59 Å². The van der Waals surface area contributed by atoms with E-state index in [0.717, 1.165) is 49.7 Å². The monoisotopic (exact) mass is 1970 g/mol. The lowest BCUT2D eigenvalue weighted by molar-refractivity contribution is -0.207. The summed E-state index contributed by atoms with van der Waals surface area (Å²) in [7, 11) is 0. The highest BCUT2D eigenvalue weighted by Gasteiger charge is 2.68. The number of amides is 10. The Hall–Kier alpha value is -7.84. The van der Waals surface area contributed by atoms with E-state index in [0.29, 0.717) is 207 Å². The first kappa shape index (κ1) is 116. The lowest BCUT2D eigenvalue weighted by Gasteiger charge is -2.63. The van der Waals surface area contributed by atoms with Gasteiger partial charge in [-0.05, 0) is 383 Å². The Morgan fingerprint density at radius 2 is 0.621 bits per heavy atom. The van der Waals surface area contributed by atoms with Crippen LogP contribution in [0.2, 0.25) is 0 Å². The second kappa shape index (κ2) is 49.4. The van der Waals surface area contributed by atoms with Crippen LogP contribution in [0.25, 0.3) is 0 Å². The zero-order valence-electron chi connectivity index (χ0n) is 89.9. The molecule has 0 radical (unpaired) electrons. The Kier molecular flexibility index (Phi) is 40.8. The highest BCUT2D eigenvalue weighted by molar-refractivity contribution is 5.77. The summed E-state index contributed by atoms with van der Waals surface area (Å²) in [5.41, 5.74) is -3.45. The number of aliphatic hydroxyl groups is 4. The molecule has 10 N–H and O–H groups in total. The van der Waals surface area contributed by atoms with E-state index in [1.165, 1.54) is 0 Å². The maximum atomic E-state index is 13.6. The molecule has 0 bridgehead atoms. The lowest BCUT2D eigenvalue weighted by Crippen LogP contribution is -2.62. The van der Waals surface area contributed by atoms with Crippen molar-refractivity contribution in [3.63, 3.8) is 0 Å². The number of hydrogen-bond acceptors (Lipinski definition) is 22. The molecule has 9 rings (SSSR count). The zero-order chi connectivity index (χ0) is 104. The average Bonchev–Trinajstić information content (AvgIpc) is 1.43. The van der Waals surface area contributed by atoms with Crippen LogP contribution in [-0.2, 0) is 60.6 Å². The maximum absolute atomic E-state index is 13.6. The fraction of sp³-hybridized carbons (Fsp3) is 0.852. The van der Waals surface area contributed by atoms with E-state index in [1.807, 2.05) is 65.8 Å². The van der Waals surface area contributed by atoms with Gasteiger partial charge in [0.1, 0.15) is 45.8 Å². The van der Waals surface area contributed by atoms with Gasteiger partial charge >= 0.3 is 48.7 Å². The van der Waals surface area contributed by atoms with E-state index in [1.54, 1.807) is 103 Å². The van der Waals surface area contributed by atoms with Crippen LogP contribution in [0.4, 0.5) is 38.4 Å². The molecule has 1 aromatic rings. The second-order valence-electron chi connectivity index (χ2n) is 49.6. The minimum absolute atomic E-state index is 0.0252. The van der Waals surface area contributed by atoms with Gasteiger partial charge in [0.2, 0.25) is 11.8 Å². The number of ether oxygens (including phenoxy) is 8. The van der Waals surface area contributed by atoms with Gasteiger partial charge in [0, 0.05) is 104 Å². The molecule has 0 heterocycles. The molecule has 8 saturated carbocycles. The summed E-state index contributed by atoms with van der Waals surface area (Å²) in [6.07, 6.45) is 9.34. The number of carbonyl (C=O) groups excluding carboxylic acids is 10. The summed E-state index contributed by atoms with van der Waals surface area (Å²) >= 11 is 0. The molecular weight excluding hydrogens is 1790 g/mol. The molecule has 32 nitrogen and oxygen atoms in total. The van der Waals surface area contributed by atoms with E-state index in [2.05, 4.69) is 73.4 Å². The van der Waals surface area contributed by atoms with Crippen LogP contribution in [0.5, 0.6) is 0 Å². The molecule has 1 aromatic carbocycles. The topological polar surface area (TPSA) is 411 Å². The van der Waals surface area contributed by atoms with E-state index < -0.39 is 118 Å². The van der Waals surface area contributed by atoms with Crippen molar-refractivity contribution in [1.82, 2.24) is 51.5 Å². The van der Waals surface area contributed by atoms with Crippen molar-refractivity contribution in [2.45, 2.75) is 416 Å². The molecule has 22 atom stereocenters. The van der Waals surface area contributed by atoms with E-state index in [-0.39, 0.29) is 119 Å². The van der Waals surface area contributed by atoms with E-state index in [4.69, 9.17) is 37.9 Å². The highest BCUT2D eigenvalue weighted by atomic mass is 16.6. The van der Waals surface area contributed by atoms with Gasteiger partial charge in [0.25, 0.3) is 0 Å². The molecule has 798 valence electrons. The van der Waals surface area contributed by atoms with Crippen molar-refractivity contribution in [1.29, 1.82) is 0 Å². The number of benzene rings is 1. The molecule has 140 heavy (non-hydrogen) atoms. The number of carbonyl (C=O) groups is 10. The number of nitrogens with zero attached hydrogens (tertiary/aromatic N) is 4. The van der Waals surface area contributed by atoms with Crippen molar-refractivity contribution < 1.29 is 106 Å². The molecule has 8 fully saturated rings. The number of hydrogen-bond donors (Lipinski definition) is 10. The van der Waals surface area contributed by atoms with Gasteiger partial charge in [-0.1, -0.05) is 65.8 Å². The maximum Gasteiger partial charge on any atom is 0.410 e. The van der Waals surface area contributed by atoms with E-state index in [9.17, 15) is 68.4 Å². The van der Waals surface area contributed by atoms with Crippen molar-refractivity contribution in [2.24, 2.45) is 92.7 Å². The van der Waals surface area contributed by atoms with Crippen LogP contribution in [0.3, 0.4) is 0 Å². The molecule has 0 aromatic heterocycles. The van der Waals surface area contributed by atoms with Crippen LogP contribution in [-0.4, -0.2) is 249 Å². The molecule has 8 aliphatic carbocycles. The first-order chi connectivity index (χ1) is 65.2. The molecule has 32 heteroatoms. The predicted molar refractivity (Wildman–Crippen MR) is 536 cm³/mol. The van der Waals surface area contributed by atoms with Gasteiger partial charge in [-0.25, -0.2) is 38.4 Å². The summed E-state index contributed by atoms with van der Waals surface area (Å²) in [5, 5.41) is 67.1. The first-order valence-corrected chi connectivity index (χ1v) is 53.3. The van der Waals surface area contributed by atoms with Crippen LogP contribution in [0.1, 0.15) is 344 Å². The Balaban J connectivity index is 0.650. The van der Waals surface area contributed by atoms with Crippen LogP contribution in [0, 0.1) is 92.7 Å². The molecule has 0 saturated heterocycles. The Labute approximate surface area is 837 Å². The summed E-state index contributed by atoms with van der Waals surface area (Å²) in [4.78, 5) is 139. The number of nitrogens with one attached hydrogen (secondary N) is 6. The molecular formula is C108H184N10O22. The fourth-order valence-electron chi connectivity index (χ4n) is 25.5. The zero-order valence-corrected chi connectivity index (χ0v) is 89.9. The predicted octanol–water partition coefficient (Wildman–Crippen LogP) is 18.3. The van der Waals surface area contributed by atoms with Crippen molar-refractivity contribution in [2.75, 3.05) is 78.5 Å². The van der Waals surface area contributed by atoms with Crippen molar-refractivity contribution >= 4 is 60.6 Å². The normalized spacial score (nSPS) is 29.1. The van der Waals surface area contributed by atoms with Gasteiger partial charge in [-0.15, -0.1) is 0 Å². The van der Waals surface area contributed by atoms with Crippen molar-refractivity contribution in [3.8, 4) is 0 Å². The molecule has 0 spiro atoms. The Morgan fingerprint density at radius 3 is 0.900 bits per heavy atom. The van der Waals surface area contributed by atoms with E-state index >= 15 is 0 Å². The first-order valence-electron chi connectivity index (χ1n) is 53.3. The smallest absolute Gasteiger partial charge is 0.410 e. The third kappa shape index (κ3) is 33.1. The standard InChI is InChI=1S/C108H184N10O22/c1-69(77-39-41-79-89-81(65-85(121)107(77,79)23)105(21)47-45-75(61-73(105)63-83(89)119)133-91(125)109-49-29-57-115(95(129)137-101(9,10)11)53-25-27-55-117(97(131)139-103(15,16)17)59-31-51-111-93(127)135-99(3,4)5)33-43-87(123)113-67-71-35-37-72(38-36-71)68-114-88(124)44-34-70(2)78-40-42-80-90-82(66-86(122)108(78,80)24)106(22)48-46-76(62-74(106)64-84(90)120)134-92(126)110-50-30-58-116(96(130)138-102(12,13)14)54-26-28-56-118(98(132)140-104(18,19)20)60-32-52-112-94(128)136-100(6,7)8/h35-38,69-70,73-86,89-90,119-122H,25-34,39-68H2,1-24H3,(H,109,125)(H,110,126)(H,111,127)(H,112,128)(H,113,123)(H,114,124)/t69-,70-,73+,74+,75-,76-,77-,78-,79+,80+,81+,82+,83-,84-,85+,86+,89+,90+,105+,106+,107-,108-/m1/s1. The Bertz CT molecular complexity index is 3950. The minimum atomic E-state index is -0.737. The minimum Gasteiger partial charge on any atom is -0.446 e. The molecule has 10 amide bonds. The highest BCUT2D eigenvalue weighted by Crippen LogP contribution is 2.71. The van der Waals surface area contributed by atoms with Crippen LogP contribution < -0.4 is 31.9 Å². The van der Waals surface area contributed by atoms with Crippen LogP contribution in [0.15, 0.2) is 24.3 Å². The number of aliphatic hydroxyl groups excluding tert-OH is 4. The molecule has 0 aliphatic heterocycles. The SMILES string of the molecule is C[C@H](CCC(=O)NCc1ccc(CNC(=O)CC[C@@H](C)[C@H]2CC[C@H]3[C@@H]4[C@H](O)C[C@@H]5C[C@H](OC(=O)NCCCN(CCCCN(CCCNC(=O)OC(C)(C)C)C(=O)OC(C)(C)C)C(=O)OC(C)(C)C)CC[C@]5(C)[C@H]4C[C@H](O)[C@]23C)cc1)[C@H]1CC[C@H]2[C@@H]3[C@H](O)C[C@@H]4C[C@H](OC(=O)NCCCN(CCCCN(CCCNC(=O)OC(C)(C)C)C(=O)OC(C)(C)C)C(=O)OC(C)(C)C)CC[C@]4(C)[C@H]3C[C@H](O)[C@]12C. The quantitative estimate of drug-likeness (QED) is 0.0215. The average molecular weight is 1970 g/mol. The number of fused-ring (bicyclic) bond motifs is 10. The third-order valence-electron chi connectivity index (χ3n) is 32.3. The van der Waals surface area contributed by atoms with Gasteiger partial charge in [-0.2, -0.15) is 0 Å². The largest absolute Gasteiger partial charge is 0.446 e. The van der Waals surface area contributed by atoms with Gasteiger partial charge in [0.05, 0.1) is 24.4 Å². The number of unbranched alkanes of at least 4 members (excludes halogenated alkanes) is 2. The van der Waals surface area contributed by atoms with Gasteiger partial charge in [0.15, 0.2) is 0 Å². The van der Waals surface area contributed by atoms with Crippen molar-refractivity contribution in [3.05, 3.63) is 35.4 Å². The summed E-state index contributed by atoms with van der Waals surface area (Å²) < 4.78 is 45.9. The Morgan fingerprint density at radius 1 is 0.350 bits per heavy atom. The lowest BCUT2D eigenvalue weighted by atomic mass is 9.43. The molecule has 0 unspecified atom stereocenters. The summed E-state index contributed by atoms with van der Waals surface area (Å²) in [5.74, 6) is 1.26. The summed E-state index contributed by atoms with van der Waals surface area (Å²) in [6.45, 7) is 50.6. The fourth-order valence-corrected chi connectivity index (χ4v) is 25.5. The number of alkyl carbamates (subject to hydrolysis) is 4. The van der Waals surface area contributed by atoms with Crippen LogP contribution >= 0.6 is 0 Å². The number of rotatable bonds is 40. The second-order valence-corrected chi connectivity index (χ2v) is 49.6. The third-order valence-corrected chi connectivity index (χ3v) is 32.3. The summed E-state index contributed by atoms with van der Waals surface area (Å²) in [6, 6.07) is 7.93.